The molecular formula is C12H21NO2S. The Morgan fingerprint density at radius 2 is 2.06 bits per heavy atom. The molecule has 2 rings (SSSR count). The van der Waals surface area contributed by atoms with Crippen LogP contribution in [-0.2, 0) is 4.79 Å². The molecule has 1 amide bonds. The third-order valence-corrected chi connectivity index (χ3v) is 4.98. The molecule has 0 aromatic heterocycles. The number of hydrogen-bond acceptors (Lipinski definition) is 3. The minimum Gasteiger partial charge on any atom is -0.391 e. The minimum absolute atomic E-state index is 0.0619. The van der Waals surface area contributed by atoms with Crippen LogP contribution in [0.25, 0.3) is 0 Å². The van der Waals surface area contributed by atoms with Crippen LogP contribution in [0.1, 0.15) is 32.1 Å². The summed E-state index contributed by atoms with van der Waals surface area (Å²) in [6.45, 7) is 0. The van der Waals surface area contributed by atoms with Gasteiger partial charge in [0.1, 0.15) is 0 Å². The molecule has 3 atom stereocenters. The largest absolute Gasteiger partial charge is 0.391 e. The van der Waals surface area contributed by atoms with E-state index in [4.69, 9.17) is 0 Å². The number of nitrogens with zero attached hydrogens (tertiary/aromatic N) is 1. The lowest BCUT2D eigenvalue weighted by Crippen LogP contribution is -2.48. The summed E-state index contributed by atoms with van der Waals surface area (Å²) in [7, 11) is 1.87. The molecule has 1 aliphatic heterocycles. The van der Waals surface area contributed by atoms with E-state index in [0.717, 1.165) is 43.6 Å². The van der Waals surface area contributed by atoms with E-state index < -0.39 is 0 Å². The van der Waals surface area contributed by atoms with Crippen LogP contribution in [0.4, 0.5) is 0 Å². The highest BCUT2D eigenvalue weighted by atomic mass is 32.2. The first-order chi connectivity index (χ1) is 7.70. The smallest absolute Gasteiger partial charge is 0.226 e. The van der Waals surface area contributed by atoms with Crippen molar-refractivity contribution in [3.63, 3.8) is 0 Å². The summed E-state index contributed by atoms with van der Waals surface area (Å²) in [6, 6.07) is 0.0619. The average molecular weight is 243 g/mol. The van der Waals surface area contributed by atoms with Crippen LogP contribution in [-0.4, -0.2) is 46.6 Å². The van der Waals surface area contributed by atoms with Crippen LogP contribution in [0.15, 0.2) is 0 Å². The monoisotopic (exact) mass is 243 g/mol. The predicted octanol–water partition coefficient (Wildman–Crippen LogP) is 1.50. The standard InChI is InChI=1S/C12H21NO2S/c1-13(10-4-2-3-5-11(10)14)12(15)9-6-7-16-8-9/h9-11,14H,2-8H2,1H3. The summed E-state index contributed by atoms with van der Waals surface area (Å²) in [5.41, 5.74) is 0. The van der Waals surface area contributed by atoms with Crippen molar-refractivity contribution in [3.05, 3.63) is 0 Å². The molecule has 1 saturated heterocycles. The number of rotatable bonds is 2. The van der Waals surface area contributed by atoms with Gasteiger partial charge in [-0.15, -0.1) is 0 Å². The van der Waals surface area contributed by atoms with E-state index in [2.05, 4.69) is 0 Å². The second-order valence-corrected chi connectivity index (χ2v) is 6.08. The molecule has 0 bridgehead atoms. The van der Waals surface area contributed by atoms with E-state index in [1.54, 1.807) is 0 Å². The number of carbonyl (C=O) groups excluding carboxylic acids is 1. The van der Waals surface area contributed by atoms with Crippen molar-refractivity contribution in [1.82, 2.24) is 4.90 Å². The third-order valence-electron chi connectivity index (χ3n) is 3.82. The van der Waals surface area contributed by atoms with Crippen molar-refractivity contribution >= 4 is 17.7 Å². The van der Waals surface area contributed by atoms with Crippen molar-refractivity contribution in [1.29, 1.82) is 0 Å². The summed E-state index contributed by atoms with van der Waals surface area (Å²) >= 11 is 1.87. The van der Waals surface area contributed by atoms with Gasteiger partial charge < -0.3 is 10.0 Å². The van der Waals surface area contributed by atoms with Gasteiger partial charge in [-0.1, -0.05) is 12.8 Å². The fourth-order valence-corrected chi connectivity index (χ4v) is 3.94. The molecule has 0 aromatic carbocycles. The van der Waals surface area contributed by atoms with E-state index in [1.807, 2.05) is 23.7 Å². The second kappa shape index (κ2) is 5.41. The number of likely N-dealkylation sites (N-methyl/N-ethyl adjacent to an activating group) is 1. The Balaban J connectivity index is 1.94. The van der Waals surface area contributed by atoms with Gasteiger partial charge in [0, 0.05) is 18.7 Å². The summed E-state index contributed by atoms with van der Waals surface area (Å²) < 4.78 is 0. The van der Waals surface area contributed by atoms with Gasteiger partial charge in [-0.3, -0.25) is 4.79 Å². The Kier molecular flexibility index (Phi) is 4.14. The maximum absolute atomic E-state index is 12.2. The highest BCUT2D eigenvalue weighted by molar-refractivity contribution is 7.99. The van der Waals surface area contributed by atoms with Crippen molar-refractivity contribution < 1.29 is 9.90 Å². The van der Waals surface area contributed by atoms with Gasteiger partial charge in [0.15, 0.2) is 0 Å². The maximum Gasteiger partial charge on any atom is 0.226 e. The van der Waals surface area contributed by atoms with Gasteiger partial charge in [0.05, 0.1) is 12.1 Å². The van der Waals surface area contributed by atoms with Gasteiger partial charge in [-0.05, 0) is 25.0 Å². The zero-order valence-electron chi connectivity index (χ0n) is 9.89. The molecule has 4 heteroatoms. The zero-order valence-corrected chi connectivity index (χ0v) is 10.7. The lowest BCUT2D eigenvalue weighted by Gasteiger charge is -2.36. The number of amides is 1. The molecule has 1 heterocycles. The molecule has 0 aromatic rings. The van der Waals surface area contributed by atoms with E-state index in [9.17, 15) is 9.90 Å². The molecule has 1 aliphatic carbocycles. The van der Waals surface area contributed by atoms with E-state index in [0.29, 0.717) is 0 Å². The molecule has 16 heavy (non-hydrogen) atoms. The molecule has 0 radical (unpaired) electrons. The Labute approximate surface area is 102 Å². The van der Waals surface area contributed by atoms with Gasteiger partial charge in [-0.25, -0.2) is 0 Å². The summed E-state index contributed by atoms with van der Waals surface area (Å²) in [5.74, 6) is 2.52. The molecule has 3 nitrogen and oxygen atoms in total. The third kappa shape index (κ3) is 2.54. The first-order valence-electron chi connectivity index (χ1n) is 6.22. The lowest BCUT2D eigenvalue weighted by atomic mass is 9.91. The second-order valence-electron chi connectivity index (χ2n) is 4.93. The molecule has 0 spiro atoms. The van der Waals surface area contributed by atoms with Crippen LogP contribution >= 0.6 is 11.8 Å². The van der Waals surface area contributed by atoms with Crippen molar-refractivity contribution in [3.8, 4) is 0 Å². The van der Waals surface area contributed by atoms with Crippen LogP contribution in [0.3, 0.4) is 0 Å². The molecule has 1 N–H and O–H groups in total. The molecular weight excluding hydrogens is 222 g/mol. The van der Waals surface area contributed by atoms with Crippen LogP contribution in [0.5, 0.6) is 0 Å². The van der Waals surface area contributed by atoms with Gasteiger partial charge in [0.2, 0.25) is 5.91 Å². The number of hydrogen-bond donors (Lipinski definition) is 1. The molecule has 2 aliphatic rings. The van der Waals surface area contributed by atoms with Crippen LogP contribution in [0, 0.1) is 5.92 Å². The fourth-order valence-electron chi connectivity index (χ4n) is 2.72. The number of aliphatic hydroxyl groups excluding tert-OH is 1. The zero-order chi connectivity index (χ0) is 11.5. The van der Waals surface area contributed by atoms with E-state index in [-0.39, 0.29) is 24.0 Å². The Morgan fingerprint density at radius 1 is 1.31 bits per heavy atom. The van der Waals surface area contributed by atoms with E-state index >= 15 is 0 Å². The highest BCUT2D eigenvalue weighted by Crippen LogP contribution is 2.28. The van der Waals surface area contributed by atoms with Crippen LogP contribution in [0.2, 0.25) is 0 Å². The Morgan fingerprint density at radius 3 is 2.69 bits per heavy atom. The predicted molar refractivity (Wildman–Crippen MR) is 66.5 cm³/mol. The Bertz CT molecular complexity index is 253. The highest BCUT2D eigenvalue weighted by Gasteiger charge is 2.33. The minimum atomic E-state index is -0.309. The summed E-state index contributed by atoms with van der Waals surface area (Å²) in [5, 5.41) is 9.93. The maximum atomic E-state index is 12.2. The van der Waals surface area contributed by atoms with Gasteiger partial charge >= 0.3 is 0 Å². The lowest BCUT2D eigenvalue weighted by molar-refractivity contribution is -0.138. The Hall–Kier alpha value is -0.220. The first-order valence-corrected chi connectivity index (χ1v) is 7.38. The molecule has 92 valence electrons. The summed E-state index contributed by atoms with van der Waals surface area (Å²) in [4.78, 5) is 14.0. The van der Waals surface area contributed by atoms with Crippen molar-refractivity contribution in [2.75, 3.05) is 18.6 Å². The molecule has 1 saturated carbocycles. The quantitative estimate of drug-likeness (QED) is 0.799. The van der Waals surface area contributed by atoms with Gasteiger partial charge in [0.25, 0.3) is 0 Å². The molecule has 3 unspecified atom stereocenters. The van der Waals surface area contributed by atoms with Gasteiger partial charge in [-0.2, -0.15) is 11.8 Å². The normalized spacial score (nSPS) is 35.0. The fraction of sp³-hybridized carbons (Fsp3) is 0.917. The number of thioether (sulfide) groups is 1. The SMILES string of the molecule is CN(C(=O)C1CCSC1)C1CCCCC1O. The van der Waals surface area contributed by atoms with Crippen molar-refractivity contribution in [2.45, 2.75) is 44.2 Å². The molecule has 2 fully saturated rings. The number of carbonyl (C=O) groups is 1. The van der Waals surface area contributed by atoms with Crippen LogP contribution < -0.4 is 0 Å². The summed E-state index contributed by atoms with van der Waals surface area (Å²) in [6.07, 6.45) is 4.75. The average Bonchev–Trinajstić information content (AvgIpc) is 2.81. The van der Waals surface area contributed by atoms with Crippen molar-refractivity contribution in [2.24, 2.45) is 5.92 Å². The number of aliphatic hydroxyl groups is 1. The first kappa shape index (κ1) is 12.2. The van der Waals surface area contributed by atoms with E-state index in [1.165, 1.54) is 0 Å². The topological polar surface area (TPSA) is 40.5 Å².